The third kappa shape index (κ3) is 5.41. The molecule has 1 aliphatic heterocycles. The first-order valence-electron chi connectivity index (χ1n) is 6.93. The van der Waals surface area contributed by atoms with Crippen molar-refractivity contribution in [1.29, 1.82) is 0 Å². The Morgan fingerprint density at radius 2 is 2.21 bits per heavy atom. The molecule has 4 nitrogen and oxygen atoms in total. The summed E-state index contributed by atoms with van der Waals surface area (Å²) in [4.78, 5) is 11.6. The van der Waals surface area contributed by atoms with Gasteiger partial charge in [-0.3, -0.25) is 4.79 Å². The van der Waals surface area contributed by atoms with Gasteiger partial charge in [0.05, 0.1) is 13.2 Å². The van der Waals surface area contributed by atoms with Crippen LogP contribution in [0, 0.1) is 5.92 Å². The maximum absolute atomic E-state index is 11.6. The van der Waals surface area contributed by atoms with E-state index in [4.69, 9.17) is 4.74 Å². The molecule has 1 aliphatic rings. The van der Waals surface area contributed by atoms with Crippen molar-refractivity contribution in [2.24, 2.45) is 5.92 Å². The van der Waals surface area contributed by atoms with Gasteiger partial charge < -0.3 is 15.4 Å². The zero-order valence-corrected chi connectivity index (χ0v) is 11.2. The summed E-state index contributed by atoms with van der Waals surface area (Å²) < 4.78 is 5.51. The fourth-order valence-electron chi connectivity index (χ4n) is 2.25. The molecule has 4 heteroatoms. The van der Waals surface area contributed by atoms with Crippen LogP contribution >= 0.6 is 0 Å². The number of carbonyl (C=O) groups excluding carboxylic acids is 1. The molecule has 2 rings (SSSR count). The molecule has 0 aromatic heterocycles. The van der Waals surface area contributed by atoms with Gasteiger partial charge in [0, 0.05) is 13.0 Å². The quantitative estimate of drug-likeness (QED) is 0.729. The Labute approximate surface area is 114 Å². The summed E-state index contributed by atoms with van der Waals surface area (Å²) in [5, 5.41) is 6.17. The van der Waals surface area contributed by atoms with E-state index in [2.05, 4.69) is 10.6 Å². The molecule has 0 spiro atoms. The second-order valence-corrected chi connectivity index (χ2v) is 4.95. The van der Waals surface area contributed by atoms with Crippen molar-refractivity contribution in [2.75, 3.05) is 26.2 Å². The number of rotatable bonds is 7. The lowest BCUT2D eigenvalue weighted by Gasteiger charge is -2.09. The summed E-state index contributed by atoms with van der Waals surface area (Å²) in [7, 11) is 0. The van der Waals surface area contributed by atoms with Gasteiger partial charge in [-0.25, -0.2) is 0 Å². The van der Waals surface area contributed by atoms with Crippen LogP contribution in [0.5, 0.6) is 0 Å². The van der Waals surface area contributed by atoms with Crippen LogP contribution in [0.1, 0.15) is 18.4 Å². The molecule has 1 amide bonds. The highest BCUT2D eigenvalue weighted by Crippen LogP contribution is 2.11. The topological polar surface area (TPSA) is 50.4 Å². The van der Waals surface area contributed by atoms with Gasteiger partial charge in [0.2, 0.25) is 5.91 Å². The molecule has 1 aromatic carbocycles. The Bertz CT molecular complexity index is 375. The molecule has 0 radical (unpaired) electrons. The minimum absolute atomic E-state index is 0.136. The monoisotopic (exact) mass is 262 g/mol. The van der Waals surface area contributed by atoms with Crippen LogP contribution in [0.15, 0.2) is 30.3 Å². The van der Waals surface area contributed by atoms with E-state index in [-0.39, 0.29) is 5.91 Å². The zero-order chi connectivity index (χ0) is 13.3. The standard InChI is InChI=1S/C15H22N2O2/c18-15(10-14-6-7-16-11-14)17-8-9-19-12-13-4-2-1-3-5-13/h1-5,14,16H,6-12H2,(H,17,18)/t14-/m1/s1. The largest absolute Gasteiger partial charge is 0.375 e. The van der Waals surface area contributed by atoms with Crippen LogP contribution in [0.4, 0.5) is 0 Å². The Morgan fingerprint density at radius 1 is 1.37 bits per heavy atom. The van der Waals surface area contributed by atoms with E-state index in [1.54, 1.807) is 0 Å². The van der Waals surface area contributed by atoms with Crippen molar-refractivity contribution in [3.8, 4) is 0 Å². The highest BCUT2D eigenvalue weighted by Gasteiger charge is 2.17. The minimum atomic E-state index is 0.136. The maximum Gasteiger partial charge on any atom is 0.220 e. The summed E-state index contributed by atoms with van der Waals surface area (Å²) >= 11 is 0. The first-order chi connectivity index (χ1) is 9.34. The highest BCUT2D eigenvalue weighted by atomic mass is 16.5. The average molecular weight is 262 g/mol. The van der Waals surface area contributed by atoms with Crippen LogP contribution < -0.4 is 10.6 Å². The van der Waals surface area contributed by atoms with Crippen molar-refractivity contribution in [1.82, 2.24) is 10.6 Å². The molecular formula is C15H22N2O2. The first-order valence-corrected chi connectivity index (χ1v) is 6.93. The number of carbonyl (C=O) groups is 1. The van der Waals surface area contributed by atoms with Gasteiger partial charge in [-0.2, -0.15) is 0 Å². The van der Waals surface area contributed by atoms with E-state index in [9.17, 15) is 4.79 Å². The minimum Gasteiger partial charge on any atom is -0.375 e. The number of nitrogens with one attached hydrogen (secondary N) is 2. The Balaban J connectivity index is 1.50. The third-order valence-electron chi connectivity index (χ3n) is 3.32. The number of hydrogen-bond acceptors (Lipinski definition) is 3. The second-order valence-electron chi connectivity index (χ2n) is 4.95. The molecule has 1 heterocycles. The molecule has 0 aliphatic carbocycles. The zero-order valence-electron chi connectivity index (χ0n) is 11.2. The van der Waals surface area contributed by atoms with Gasteiger partial charge in [0.15, 0.2) is 0 Å². The van der Waals surface area contributed by atoms with Gasteiger partial charge in [0.25, 0.3) is 0 Å². The van der Waals surface area contributed by atoms with E-state index >= 15 is 0 Å². The van der Waals surface area contributed by atoms with Crippen molar-refractivity contribution >= 4 is 5.91 Å². The SMILES string of the molecule is O=C(C[C@H]1CCNC1)NCCOCc1ccccc1. The second kappa shape index (κ2) is 7.92. The fourth-order valence-corrected chi connectivity index (χ4v) is 2.25. The fraction of sp³-hybridized carbons (Fsp3) is 0.533. The smallest absolute Gasteiger partial charge is 0.220 e. The van der Waals surface area contributed by atoms with E-state index in [0.29, 0.717) is 32.1 Å². The maximum atomic E-state index is 11.6. The average Bonchev–Trinajstić information content (AvgIpc) is 2.92. The van der Waals surface area contributed by atoms with Crippen molar-refractivity contribution in [2.45, 2.75) is 19.4 Å². The first kappa shape index (κ1) is 14.0. The molecule has 1 aromatic rings. The van der Waals surface area contributed by atoms with Gasteiger partial charge in [-0.05, 0) is 31.0 Å². The van der Waals surface area contributed by atoms with Crippen LogP contribution in [-0.4, -0.2) is 32.1 Å². The van der Waals surface area contributed by atoms with Gasteiger partial charge in [0.1, 0.15) is 0 Å². The van der Waals surface area contributed by atoms with Crippen molar-refractivity contribution < 1.29 is 9.53 Å². The van der Waals surface area contributed by atoms with Crippen molar-refractivity contribution in [3.63, 3.8) is 0 Å². The molecule has 1 saturated heterocycles. The Morgan fingerprint density at radius 3 is 2.95 bits per heavy atom. The molecule has 1 fully saturated rings. The van der Waals surface area contributed by atoms with E-state index in [1.807, 2.05) is 30.3 Å². The van der Waals surface area contributed by atoms with Gasteiger partial charge in [-0.1, -0.05) is 30.3 Å². The van der Waals surface area contributed by atoms with Crippen LogP contribution in [0.2, 0.25) is 0 Å². The van der Waals surface area contributed by atoms with Crippen molar-refractivity contribution in [3.05, 3.63) is 35.9 Å². The summed E-state index contributed by atoms with van der Waals surface area (Å²) in [5.74, 6) is 0.641. The molecule has 0 unspecified atom stereocenters. The van der Waals surface area contributed by atoms with E-state index < -0.39 is 0 Å². The normalized spacial score (nSPS) is 18.4. The predicted octanol–water partition coefficient (Wildman–Crippen LogP) is 1.32. The Kier molecular flexibility index (Phi) is 5.85. The van der Waals surface area contributed by atoms with Gasteiger partial charge >= 0.3 is 0 Å². The summed E-state index contributed by atoms with van der Waals surface area (Å²) in [6, 6.07) is 10.0. The summed E-state index contributed by atoms with van der Waals surface area (Å²) in [6.07, 6.45) is 1.74. The molecule has 19 heavy (non-hydrogen) atoms. The molecular weight excluding hydrogens is 240 g/mol. The van der Waals surface area contributed by atoms with Gasteiger partial charge in [-0.15, -0.1) is 0 Å². The molecule has 2 N–H and O–H groups in total. The lowest BCUT2D eigenvalue weighted by atomic mass is 10.0. The molecule has 0 saturated carbocycles. The van der Waals surface area contributed by atoms with Crippen LogP contribution in [-0.2, 0) is 16.1 Å². The van der Waals surface area contributed by atoms with E-state index in [0.717, 1.165) is 25.1 Å². The number of benzene rings is 1. The predicted molar refractivity (Wildman–Crippen MR) is 74.7 cm³/mol. The summed E-state index contributed by atoms with van der Waals surface area (Å²) in [6.45, 7) is 3.76. The van der Waals surface area contributed by atoms with Crippen LogP contribution in [0.25, 0.3) is 0 Å². The summed E-state index contributed by atoms with van der Waals surface area (Å²) in [5.41, 5.74) is 1.16. The molecule has 1 atom stereocenters. The number of hydrogen-bond donors (Lipinski definition) is 2. The lowest BCUT2D eigenvalue weighted by molar-refractivity contribution is -0.122. The Hall–Kier alpha value is -1.39. The molecule has 0 bridgehead atoms. The number of amides is 1. The lowest BCUT2D eigenvalue weighted by Crippen LogP contribution is -2.29. The molecule has 104 valence electrons. The van der Waals surface area contributed by atoms with Crippen LogP contribution in [0.3, 0.4) is 0 Å². The van der Waals surface area contributed by atoms with E-state index in [1.165, 1.54) is 0 Å². The third-order valence-corrected chi connectivity index (χ3v) is 3.32. The number of ether oxygens (including phenoxy) is 1. The highest BCUT2D eigenvalue weighted by molar-refractivity contribution is 5.76.